The fourth-order valence-corrected chi connectivity index (χ4v) is 5.32. The van der Waals surface area contributed by atoms with E-state index in [1.807, 2.05) is 20.8 Å². The van der Waals surface area contributed by atoms with E-state index in [1.165, 1.54) is 11.3 Å². The lowest BCUT2D eigenvalue weighted by Crippen LogP contribution is -2.39. The minimum absolute atomic E-state index is 0.0409. The van der Waals surface area contributed by atoms with Crippen molar-refractivity contribution >= 4 is 23.1 Å². The average Bonchev–Trinajstić information content (AvgIpc) is 3.28. The second kappa shape index (κ2) is 7.86. The summed E-state index contributed by atoms with van der Waals surface area (Å²) in [5.41, 5.74) is 1.22. The van der Waals surface area contributed by atoms with Crippen molar-refractivity contribution in [2.45, 2.75) is 77.2 Å². The fourth-order valence-electron chi connectivity index (χ4n) is 4.44. The Morgan fingerprint density at radius 2 is 2.10 bits per heavy atom. The Bertz CT molecular complexity index is 938. The van der Waals surface area contributed by atoms with Gasteiger partial charge in [-0.2, -0.15) is 18.3 Å². The number of piperidine rings is 1. The molecule has 1 saturated heterocycles. The van der Waals surface area contributed by atoms with Crippen LogP contribution in [-0.4, -0.2) is 44.3 Å². The minimum atomic E-state index is -4.37. The maximum absolute atomic E-state index is 13.7. The van der Waals surface area contributed by atoms with E-state index in [0.717, 1.165) is 22.5 Å². The summed E-state index contributed by atoms with van der Waals surface area (Å²) in [6.07, 6.45) is -1.34. The fraction of sp³-hybridized carbons (Fsp3) is 0.650. The first kappa shape index (κ1) is 21.1. The monoisotopic (exact) mass is 441 g/mol. The van der Waals surface area contributed by atoms with Crippen molar-refractivity contribution in [3.8, 4) is 0 Å². The molecule has 1 fully saturated rings. The molecule has 164 valence electrons. The van der Waals surface area contributed by atoms with Crippen LogP contribution in [0, 0.1) is 13.8 Å². The second-order valence-electron chi connectivity index (χ2n) is 8.10. The molecule has 1 unspecified atom stereocenters. The van der Waals surface area contributed by atoms with Crippen molar-refractivity contribution in [1.82, 2.24) is 19.7 Å². The van der Waals surface area contributed by atoms with Crippen molar-refractivity contribution in [3.63, 3.8) is 0 Å². The molecular weight excluding hydrogens is 415 g/mol. The third-order valence-electron chi connectivity index (χ3n) is 5.98. The van der Waals surface area contributed by atoms with E-state index >= 15 is 0 Å². The van der Waals surface area contributed by atoms with Crippen molar-refractivity contribution < 1.29 is 18.0 Å². The van der Waals surface area contributed by atoms with Crippen molar-refractivity contribution in [1.29, 1.82) is 0 Å². The number of nitrogens with one attached hydrogen (secondary N) is 1. The highest BCUT2D eigenvalue weighted by Gasteiger charge is 2.46. The largest absolute Gasteiger partial charge is 0.410 e. The van der Waals surface area contributed by atoms with Crippen LogP contribution in [0.15, 0.2) is 6.07 Å². The summed E-state index contributed by atoms with van der Waals surface area (Å²) in [5.74, 6) is 0.272. The number of alkyl halides is 3. The van der Waals surface area contributed by atoms with E-state index < -0.39 is 12.2 Å². The predicted octanol–water partition coefficient (Wildman–Crippen LogP) is 5.02. The standard InChI is InChI=1S/C20H26F3N5OS/c1-4-13-9-16(20(21,22)23)28-17(25-13)10-14(26-28)15-7-5-6-8-27(15)19(29)18-11(2)24-12(3)30-18/h10,13,15-16,25H,4-9H2,1-3H3/t13-,15?,16-/m1/s1. The molecule has 2 aromatic rings. The second-order valence-corrected chi connectivity index (χ2v) is 9.30. The molecule has 6 nitrogen and oxygen atoms in total. The van der Waals surface area contributed by atoms with Gasteiger partial charge in [0.15, 0.2) is 6.04 Å². The first-order valence-electron chi connectivity index (χ1n) is 10.4. The normalized spacial score (nSPS) is 24.5. The number of anilines is 1. The first-order valence-corrected chi connectivity index (χ1v) is 11.2. The summed E-state index contributed by atoms with van der Waals surface area (Å²) >= 11 is 1.36. The number of carbonyl (C=O) groups excluding carboxylic acids is 1. The zero-order chi connectivity index (χ0) is 21.6. The Morgan fingerprint density at radius 1 is 1.33 bits per heavy atom. The first-order chi connectivity index (χ1) is 14.2. The molecule has 0 aromatic carbocycles. The van der Waals surface area contributed by atoms with Crippen molar-refractivity contribution in [3.05, 3.63) is 27.3 Å². The highest BCUT2D eigenvalue weighted by atomic mass is 32.1. The molecule has 1 N–H and O–H groups in total. The Labute approximate surface area is 177 Å². The van der Waals surface area contributed by atoms with Gasteiger partial charge in [0.25, 0.3) is 5.91 Å². The lowest BCUT2D eigenvalue weighted by Gasteiger charge is -2.34. The number of rotatable bonds is 3. The SMILES string of the molecule is CC[C@@H]1C[C@H](C(F)(F)F)n2nc(C3CCCCN3C(=O)c3sc(C)nc3C)cc2N1. The molecule has 2 aliphatic rings. The average molecular weight is 442 g/mol. The van der Waals surface area contributed by atoms with Gasteiger partial charge in [0, 0.05) is 18.7 Å². The number of hydrogen-bond donors (Lipinski definition) is 1. The van der Waals surface area contributed by atoms with Crippen LogP contribution < -0.4 is 5.32 Å². The van der Waals surface area contributed by atoms with Gasteiger partial charge in [-0.05, 0) is 46.0 Å². The van der Waals surface area contributed by atoms with Crippen LogP contribution >= 0.6 is 11.3 Å². The molecule has 0 bridgehead atoms. The summed E-state index contributed by atoms with van der Waals surface area (Å²) in [6, 6.07) is -0.532. The molecule has 1 amide bonds. The van der Waals surface area contributed by atoms with Gasteiger partial charge in [-0.1, -0.05) is 6.92 Å². The number of thiazole rings is 1. The maximum Gasteiger partial charge on any atom is 0.410 e. The molecule has 3 atom stereocenters. The van der Waals surface area contributed by atoms with Crippen LogP contribution in [0.25, 0.3) is 0 Å². The molecule has 0 aliphatic carbocycles. The van der Waals surface area contributed by atoms with E-state index in [-0.39, 0.29) is 24.4 Å². The number of aromatic nitrogens is 3. The van der Waals surface area contributed by atoms with Gasteiger partial charge < -0.3 is 10.2 Å². The summed E-state index contributed by atoms with van der Waals surface area (Å²) in [5, 5.41) is 8.38. The number of halogens is 3. The number of amides is 1. The third-order valence-corrected chi connectivity index (χ3v) is 7.04. The topological polar surface area (TPSA) is 63.1 Å². The highest BCUT2D eigenvalue weighted by Crippen LogP contribution is 2.42. The van der Waals surface area contributed by atoms with E-state index in [4.69, 9.17) is 0 Å². The summed E-state index contributed by atoms with van der Waals surface area (Å²) in [6.45, 7) is 6.11. The Balaban J connectivity index is 1.68. The Morgan fingerprint density at radius 3 is 2.73 bits per heavy atom. The van der Waals surface area contributed by atoms with Crippen LogP contribution in [0.5, 0.6) is 0 Å². The minimum Gasteiger partial charge on any atom is -0.367 e. The van der Waals surface area contributed by atoms with Crippen LogP contribution in [0.1, 0.15) is 77.2 Å². The Kier molecular flexibility index (Phi) is 5.54. The highest BCUT2D eigenvalue weighted by molar-refractivity contribution is 7.13. The number of carbonyl (C=O) groups is 1. The lowest BCUT2D eigenvalue weighted by atomic mass is 9.98. The molecule has 4 heterocycles. The zero-order valence-corrected chi connectivity index (χ0v) is 18.1. The van der Waals surface area contributed by atoms with Gasteiger partial charge in [-0.15, -0.1) is 11.3 Å². The van der Waals surface area contributed by atoms with Crippen molar-refractivity contribution in [2.75, 3.05) is 11.9 Å². The third kappa shape index (κ3) is 3.81. The van der Waals surface area contributed by atoms with Crippen LogP contribution in [0.2, 0.25) is 0 Å². The van der Waals surface area contributed by atoms with Crippen LogP contribution in [0.3, 0.4) is 0 Å². The molecule has 0 radical (unpaired) electrons. The van der Waals surface area contributed by atoms with E-state index in [0.29, 0.717) is 41.5 Å². The van der Waals surface area contributed by atoms with Gasteiger partial charge in [0.2, 0.25) is 0 Å². The molecular formula is C20H26F3N5OS. The Hall–Kier alpha value is -2.10. The molecule has 0 saturated carbocycles. The molecule has 2 aromatic heterocycles. The lowest BCUT2D eigenvalue weighted by molar-refractivity contribution is -0.173. The molecule has 30 heavy (non-hydrogen) atoms. The van der Waals surface area contributed by atoms with E-state index in [2.05, 4.69) is 15.4 Å². The summed E-state index contributed by atoms with van der Waals surface area (Å²) < 4.78 is 42.2. The van der Waals surface area contributed by atoms with Crippen LogP contribution in [0.4, 0.5) is 19.0 Å². The zero-order valence-electron chi connectivity index (χ0n) is 17.3. The molecule has 4 rings (SSSR count). The van der Waals surface area contributed by atoms with Gasteiger partial charge >= 0.3 is 6.18 Å². The van der Waals surface area contributed by atoms with Gasteiger partial charge in [0.1, 0.15) is 10.7 Å². The summed E-state index contributed by atoms with van der Waals surface area (Å²) in [7, 11) is 0. The van der Waals surface area contributed by atoms with Gasteiger partial charge in [0.05, 0.1) is 22.4 Å². The molecule has 2 aliphatic heterocycles. The number of fused-ring (bicyclic) bond motifs is 1. The smallest absolute Gasteiger partial charge is 0.367 e. The van der Waals surface area contributed by atoms with Crippen molar-refractivity contribution in [2.24, 2.45) is 0 Å². The van der Waals surface area contributed by atoms with E-state index in [9.17, 15) is 18.0 Å². The summed E-state index contributed by atoms with van der Waals surface area (Å²) in [4.78, 5) is 20.0. The maximum atomic E-state index is 13.7. The quantitative estimate of drug-likeness (QED) is 0.726. The number of hydrogen-bond acceptors (Lipinski definition) is 5. The molecule has 10 heteroatoms. The molecule has 0 spiro atoms. The van der Waals surface area contributed by atoms with Gasteiger partial charge in [-0.25, -0.2) is 9.67 Å². The number of nitrogens with zero attached hydrogens (tertiary/aromatic N) is 4. The van der Waals surface area contributed by atoms with Gasteiger partial charge in [-0.3, -0.25) is 4.79 Å². The number of aryl methyl sites for hydroxylation is 2. The van der Waals surface area contributed by atoms with Crippen LogP contribution in [-0.2, 0) is 0 Å². The van der Waals surface area contributed by atoms with E-state index in [1.54, 1.807) is 11.0 Å². The number of likely N-dealkylation sites (tertiary alicyclic amines) is 1. The predicted molar refractivity (Wildman–Crippen MR) is 109 cm³/mol.